The Hall–Kier alpha value is -2.24. The molecule has 0 fully saturated rings. The molecule has 0 spiro atoms. The molecule has 0 radical (unpaired) electrons. The van der Waals surface area contributed by atoms with Crippen LogP contribution in [0.5, 0.6) is 0 Å². The highest BCUT2D eigenvalue weighted by atomic mass is 19.1. The van der Waals surface area contributed by atoms with Gasteiger partial charge in [0.2, 0.25) is 5.95 Å². The molecule has 0 bridgehead atoms. The van der Waals surface area contributed by atoms with Crippen molar-refractivity contribution in [2.45, 2.75) is 34.6 Å². The van der Waals surface area contributed by atoms with Gasteiger partial charge in [0, 0.05) is 12.0 Å². The van der Waals surface area contributed by atoms with E-state index in [2.05, 4.69) is 21.9 Å². The highest BCUT2D eigenvalue weighted by Gasteiger charge is 2.18. The van der Waals surface area contributed by atoms with Crippen molar-refractivity contribution in [1.29, 1.82) is 0 Å². The van der Waals surface area contributed by atoms with Crippen molar-refractivity contribution in [3.63, 3.8) is 0 Å². The molecule has 0 unspecified atom stereocenters. The maximum Gasteiger partial charge on any atom is 0.341 e. The molecule has 0 aliphatic carbocycles. The van der Waals surface area contributed by atoms with Crippen LogP contribution >= 0.6 is 0 Å². The minimum absolute atomic E-state index is 0.304. The van der Waals surface area contributed by atoms with E-state index >= 15 is 0 Å². The van der Waals surface area contributed by atoms with Gasteiger partial charge in [0.25, 0.3) is 0 Å². The summed E-state index contributed by atoms with van der Waals surface area (Å²) in [7, 11) is 0. The minimum atomic E-state index is -0.706. The van der Waals surface area contributed by atoms with E-state index in [0.29, 0.717) is 36.1 Å². The highest BCUT2D eigenvalue weighted by Crippen LogP contribution is 2.27. The summed E-state index contributed by atoms with van der Waals surface area (Å²) in [6, 6.07) is 0. The van der Waals surface area contributed by atoms with Crippen molar-refractivity contribution in [2.75, 3.05) is 18.5 Å². The summed E-state index contributed by atoms with van der Waals surface area (Å²) in [4.78, 5) is 20.4. The molecular weight excluding hydrogens is 297 g/mol. The predicted molar refractivity (Wildman–Crippen MR) is 89.1 cm³/mol. The number of carbonyl (C=O) groups is 1. The number of rotatable bonds is 7. The van der Waals surface area contributed by atoms with Crippen LogP contribution in [0, 0.1) is 19.3 Å². The average molecular weight is 321 g/mol. The van der Waals surface area contributed by atoms with Crippen LogP contribution in [0.2, 0.25) is 0 Å². The van der Waals surface area contributed by atoms with Crippen molar-refractivity contribution < 1.29 is 13.9 Å². The lowest BCUT2D eigenvalue weighted by Gasteiger charge is -2.16. The van der Waals surface area contributed by atoms with Crippen molar-refractivity contribution in [3.05, 3.63) is 41.5 Å². The number of nitrogens with one attached hydrogen (secondary N) is 1. The van der Waals surface area contributed by atoms with Gasteiger partial charge in [0.05, 0.1) is 18.0 Å². The fraction of sp³-hybridized carbons (Fsp3) is 0.471. The lowest BCUT2D eigenvalue weighted by Crippen LogP contribution is -2.14. The van der Waals surface area contributed by atoms with E-state index in [1.54, 1.807) is 46.8 Å². The number of halogens is 1. The third-order valence-electron chi connectivity index (χ3n) is 3.36. The number of hydrogen-bond acceptors (Lipinski definition) is 5. The third-order valence-corrected chi connectivity index (χ3v) is 3.36. The van der Waals surface area contributed by atoms with Crippen LogP contribution in [-0.2, 0) is 4.74 Å². The molecule has 23 heavy (non-hydrogen) atoms. The maximum absolute atomic E-state index is 13.2. The first kappa shape index (κ1) is 18.8. The number of ether oxygens (including phenoxy) is 1. The van der Waals surface area contributed by atoms with Crippen LogP contribution in [0.25, 0.3) is 0 Å². The molecule has 0 saturated heterocycles. The predicted octanol–water partition coefficient (Wildman–Crippen LogP) is 3.75. The summed E-state index contributed by atoms with van der Waals surface area (Å²) in [5.41, 5.74) is 0.796. The SMILES string of the molecule is C=C(F)C(C)(C)C=CCNc1nc(C)c(C(=O)OCC)c(C)n1. The number of anilines is 1. The smallest absolute Gasteiger partial charge is 0.341 e. The van der Waals surface area contributed by atoms with Gasteiger partial charge in [-0.25, -0.2) is 19.2 Å². The topological polar surface area (TPSA) is 64.1 Å². The van der Waals surface area contributed by atoms with Gasteiger partial charge in [-0.05, 0) is 20.8 Å². The standard InChI is InChI=1S/C17H24FN3O2/c1-7-23-15(22)14-11(2)20-16(21-12(14)3)19-10-8-9-17(5,6)13(4)18/h8-9H,4,7,10H2,1-3,5-6H3,(H,19,20,21). The van der Waals surface area contributed by atoms with Crippen molar-refractivity contribution in [3.8, 4) is 0 Å². The van der Waals surface area contributed by atoms with Gasteiger partial charge < -0.3 is 10.1 Å². The van der Waals surface area contributed by atoms with Crippen LogP contribution in [0.4, 0.5) is 10.3 Å². The molecule has 0 saturated carbocycles. The number of aromatic nitrogens is 2. The number of hydrogen-bond donors (Lipinski definition) is 1. The van der Waals surface area contributed by atoms with Gasteiger partial charge in [-0.3, -0.25) is 0 Å². The number of aryl methyl sites for hydroxylation is 2. The van der Waals surface area contributed by atoms with E-state index in [1.165, 1.54) is 0 Å². The van der Waals surface area contributed by atoms with Gasteiger partial charge in [-0.2, -0.15) is 0 Å². The Bertz CT molecular complexity index is 601. The number of allylic oxidation sites excluding steroid dienone is 2. The van der Waals surface area contributed by atoms with Gasteiger partial charge in [0.15, 0.2) is 0 Å². The van der Waals surface area contributed by atoms with E-state index in [-0.39, 0.29) is 0 Å². The molecule has 1 rings (SSSR count). The molecular formula is C17H24FN3O2. The fourth-order valence-electron chi connectivity index (χ4n) is 1.89. The first-order valence-corrected chi connectivity index (χ1v) is 7.47. The average Bonchev–Trinajstić information content (AvgIpc) is 2.43. The fourth-order valence-corrected chi connectivity index (χ4v) is 1.89. The Kier molecular flexibility index (Phi) is 6.42. The zero-order valence-electron chi connectivity index (χ0n) is 14.4. The summed E-state index contributed by atoms with van der Waals surface area (Å²) >= 11 is 0. The largest absolute Gasteiger partial charge is 0.462 e. The number of carbonyl (C=O) groups excluding carboxylic acids is 1. The van der Waals surface area contributed by atoms with E-state index in [9.17, 15) is 9.18 Å². The van der Waals surface area contributed by atoms with E-state index in [1.807, 2.05) is 0 Å². The molecule has 0 atom stereocenters. The second-order valence-electron chi connectivity index (χ2n) is 5.72. The van der Waals surface area contributed by atoms with Crippen molar-refractivity contribution in [1.82, 2.24) is 9.97 Å². The summed E-state index contributed by atoms with van der Waals surface area (Å²) in [6.07, 6.45) is 3.52. The number of esters is 1. The van der Waals surface area contributed by atoms with Crippen LogP contribution in [0.3, 0.4) is 0 Å². The molecule has 1 N–H and O–H groups in total. The zero-order valence-corrected chi connectivity index (χ0v) is 14.4. The molecule has 126 valence electrons. The van der Waals surface area contributed by atoms with Crippen LogP contribution < -0.4 is 5.32 Å². The molecule has 6 heteroatoms. The van der Waals surface area contributed by atoms with E-state index < -0.39 is 17.2 Å². The van der Waals surface area contributed by atoms with E-state index in [0.717, 1.165) is 0 Å². The second-order valence-corrected chi connectivity index (χ2v) is 5.72. The van der Waals surface area contributed by atoms with Gasteiger partial charge >= 0.3 is 5.97 Å². The molecule has 5 nitrogen and oxygen atoms in total. The Morgan fingerprint density at radius 1 is 1.35 bits per heavy atom. The number of nitrogens with zero attached hydrogens (tertiary/aromatic N) is 2. The first-order valence-electron chi connectivity index (χ1n) is 7.47. The molecule has 0 amide bonds. The lowest BCUT2D eigenvalue weighted by molar-refractivity contribution is 0.0523. The zero-order chi connectivity index (χ0) is 17.6. The summed E-state index contributed by atoms with van der Waals surface area (Å²) in [5.74, 6) is -0.401. The highest BCUT2D eigenvalue weighted by molar-refractivity contribution is 5.91. The normalized spacial score (nSPS) is 11.6. The lowest BCUT2D eigenvalue weighted by atomic mass is 9.92. The Balaban J connectivity index is 2.79. The van der Waals surface area contributed by atoms with Crippen molar-refractivity contribution in [2.24, 2.45) is 5.41 Å². The Morgan fingerprint density at radius 3 is 2.39 bits per heavy atom. The van der Waals surface area contributed by atoms with Gasteiger partial charge in [0.1, 0.15) is 11.4 Å². The summed E-state index contributed by atoms with van der Waals surface area (Å²) < 4.78 is 18.2. The summed E-state index contributed by atoms with van der Waals surface area (Å²) in [6.45, 7) is 12.8. The molecule has 1 aromatic rings. The van der Waals surface area contributed by atoms with Gasteiger partial charge in [-0.15, -0.1) is 0 Å². The quantitative estimate of drug-likeness (QED) is 0.612. The monoisotopic (exact) mass is 321 g/mol. The first-order chi connectivity index (χ1) is 10.7. The molecule has 1 aromatic heterocycles. The van der Waals surface area contributed by atoms with Crippen molar-refractivity contribution >= 4 is 11.9 Å². The minimum Gasteiger partial charge on any atom is -0.462 e. The molecule has 0 aliphatic rings. The van der Waals surface area contributed by atoms with Crippen LogP contribution in [0.1, 0.15) is 42.5 Å². The van der Waals surface area contributed by atoms with Gasteiger partial charge in [-0.1, -0.05) is 32.6 Å². The molecule has 1 heterocycles. The Morgan fingerprint density at radius 2 is 1.91 bits per heavy atom. The maximum atomic E-state index is 13.2. The van der Waals surface area contributed by atoms with Crippen LogP contribution in [0.15, 0.2) is 24.6 Å². The molecule has 0 aromatic carbocycles. The third kappa shape index (κ3) is 5.16. The Labute approximate surface area is 136 Å². The summed E-state index contributed by atoms with van der Waals surface area (Å²) in [5, 5.41) is 3.02. The van der Waals surface area contributed by atoms with E-state index in [4.69, 9.17) is 4.74 Å². The van der Waals surface area contributed by atoms with Crippen LogP contribution in [-0.4, -0.2) is 29.1 Å². The molecule has 0 aliphatic heterocycles. The second kappa shape index (κ2) is 7.85.